The number of aromatic nitrogens is 1. The molecule has 0 aliphatic heterocycles. The summed E-state index contributed by atoms with van der Waals surface area (Å²) in [6, 6.07) is 14.5. The molecule has 0 atom stereocenters. The van der Waals surface area contributed by atoms with Gasteiger partial charge in [-0.25, -0.2) is 9.98 Å². The molecule has 25 heavy (non-hydrogen) atoms. The third-order valence-electron chi connectivity index (χ3n) is 4.39. The van der Waals surface area contributed by atoms with Crippen molar-refractivity contribution in [3.63, 3.8) is 0 Å². The van der Waals surface area contributed by atoms with Crippen LogP contribution in [0.5, 0.6) is 0 Å². The average Bonchev–Trinajstić information content (AvgIpc) is 3.41. The number of halogens is 2. The lowest BCUT2D eigenvalue weighted by Crippen LogP contribution is -2.41. The van der Waals surface area contributed by atoms with E-state index in [2.05, 4.69) is 57.9 Å². The molecule has 0 saturated heterocycles. The van der Waals surface area contributed by atoms with Crippen LogP contribution < -0.4 is 10.6 Å². The maximum absolute atomic E-state index is 5.82. The van der Waals surface area contributed by atoms with Crippen LogP contribution >= 0.6 is 35.6 Å². The van der Waals surface area contributed by atoms with Gasteiger partial charge >= 0.3 is 0 Å². The molecule has 0 amide bonds. The zero-order chi connectivity index (χ0) is 16.8. The quantitative estimate of drug-likeness (QED) is 0.289. The zero-order valence-corrected chi connectivity index (χ0v) is 17.4. The van der Waals surface area contributed by atoms with Crippen LogP contribution in [0, 0.1) is 0 Å². The van der Waals surface area contributed by atoms with Gasteiger partial charge in [-0.1, -0.05) is 48.0 Å². The molecule has 1 aromatic heterocycles. The van der Waals surface area contributed by atoms with E-state index in [-0.39, 0.29) is 29.4 Å². The number of nitrogens with zero attached hydrogens (tertiary/aromatic N) is 2. The molecule has 2 aromatic rings. The van der Waals surface area contributed by atoms with E-state index in [1.54, 1.807) is 12.3 Å². The summed E-state index contributed by atoms with van der Waals surface area (Å²) in [5, 5.41) is 7.31. The molecule has 1 saturated carbocycles. The van der Waals surface area contributed by atoms with Gasteiger partial charge in [0.25, 0.3) is 0 Å². The molecule has 0 spiro atoms. The van der Waals surface area contributed by atoms with Gasteiger partial charge < -0.3 is 10.6 Å². The molecule has 1 aromatic carbocycles. The Morgan fingerprint density at radius 1 is 1.16 bits per heavy atom. The molecule has 0 radical (unpaired) electrons. The van der Waals surface area contributed by atoms with E-state index in [1.807, 2.05) is 6.07 Å². The first-order chi connectivity index (χ1) is 11.7. The largest absolute Gasteiger partial charge is 0.357 e. The summed E-state index contributed by atoms with van der Waals surface area (Å²) in [5.74, 6) is 0.842. The average molecular weight is 471 g/mol. The Bertz CT molecular complexity index is 684. The van der Waals surface area contributed by atoms with Crippen LogP contribution in [0.15, 0.2) is 53.7 Å². The smallest absolute Gasteiger partial charge is 0.191 e. The third-order valence-corrected chi connectivity index (χ3v) is 4.61. The number of nitrogens with one attached hydrogen (secondary N) is 2. The van der Waals surface area contributed by atoms with Crippen molar-refractivity contribution < 1.29 is 0 Å². The van der Waals surface area contributed by atoms with Crippen LogP contribution in [-0.2, 0) is 12.0 Å². The van der Waals surface area contributed by atoms with Gasteiger partial charge in [0.05, 0.1) is 6.54 Å². The summed E-state index contributed by atoms with van der Waals surface area (Å²) in [6.07, 6.45) is 4.22. The molecular weight excluding hydrogens is 447 g/mol. The molecule has 0 unspecified atom stereocenters. The first kappa shape index (κ1) is 20.0. The number of guanidine groups is 1. The molecule has 3 rings (SSSR count). The summed E-state index contributed by atoms with van der Waals surface area (Å²) in [4.78, 5) is 8.74. The van der Waals surface area contributed by atoms with Gasteiger partial charge in [-0.2, -0.15) is 0 Å². The van der Waals surface area contributed by atoms with Crippen molar-refractivity contribution >= 4 is 41.5 Å². The fraction of sp³-hybridized carbons (Fsp3) is 0.368. The molecule has 1 aliphatic carbocycles. The van der Waals surface area contributed by atoms with Crippen molar-refractivity contribution in [2.24, 2.45) is 4.99 Å². The van der Waals surface area contributed by atoms with E-state index in [1.165, 1.54) is 18.4 Å². The minimum absolute atomic E-state index is 0. The molecule has 6 heteroatoms. The monoisotopic (exact) mass is 470 g/mol. The molecule has 134 valence electrons. The van der Waals surface area contributed by atoms with E-state index >= 15 is 0 Å². The second kappa shape index (κ2) is 9.38. The number of aliphatic imine (C=N–C) groups is 1. The molecule has 2 N–H and O–H groups in total. The lowest BCUT2D eigenvalue weighted by atomic mass is 9.96. The second-order valence-electron chi connectivity index (χ2n) is 6.18. The highest BCUT2D eigenvalue weighted by Crippen LogP contribution is 2.47. The summed E-state index contributed by atoms with van der Waals surface area (Å²) in [6.45, 7) is 4.40. The van der Waals surface area contributed by atoms with Crippen molar-refractivity contribution in [2.45, 2.75) is 31.7 Å². The lowest BCUT2D eigenvalue weighted by molar-refractivity contribution is 0.646. The van der Waals surface area contributed by atoms with Crippen LogP contribution in [0.25, 0.3) is 0 Å². The van der Waals surface area contributed by atoms with Gasteiger partial charge in [-0.3, -0.25) is 0 Å². The second-order valence-corrected chi connectivity index (χ2v) is 6.57. The highest BCUT2D eigenvalue weighted by molar-refractivity contribution is 14.0. The van der Waals surface area contributed by atoms with Gasteiger partial charge in [0.1, 0.15) is 5.15 Å². The topological polar surface area (TPSA) is 49.3 Å². The van der Waals surface area contributed by atoms with Gasteiger partial charge in [0.2, 0.25) is 0 Å². The number of pyridine rings is 1. The summed E-state index contributed by atoms with van der Waals surface area (Å²) >= 11 is 5.82. The maximum Gasteiger partial charge on any atom is 0.191 e. The Labute approximate surface area is 171 Å². The summed E-state index contributed by atoms with van der Waals surface area (Å²) < 4.78 is 0. The third kappa shape index (κ3) is 5.57. The lowest BCUT2D eigenvalue weighted by Gasteiger charge is -2.19. The fourth-order valence-electron chi connectivity index (χ4n) is 2.78. The van der Waals surface area contributed by atoms with Crippen LogP contribution in [0.3, 0.4) is 0 Å². The van der Waals surface area contributed by atoms with E-state index in [9.17, 15) is 0 Å². The van der Waals surface area contributed by atoms with Gasteiger partial charge in [-0.15, -0.1) is 24.0 Å². The normalized spacial score (nSPS) is 15.2. The first-order valence-electron chi connectivity index (χ1n) is 8.40. The van der Waals surface area contributed by atoms with Gasteiger partial charge in [0, 0.05) is 24.7 Å². The molecule has 1 aliphatic rings. The van der Waals surface area contributed by atoms with Crippen LogP contribution in [-0.4, -0.2) is 24.0 Å². The van der Waals surface area contributed by atoms with Crippen molar-refractivity contribution in [3.05, 3.63) is 64.9 Å². The van der Waals surface area contributed by atoms with Crippen molar-refractivity contribution in [3.8, 4) is 0 Å². The Balaban J connectivity index is 0.00000225. The Kier molecular flexibility index (Phi) is 7.50. The number of hydrogen-bond donors (Lipinski definition) is 2. The maximum atomic E-state index is 5.82. The Morgan fingerprint density at radius 2 is 1.92 bits per heavy atom. The predicted molar refractivity (Wildman–Crippen MR) is 115 cm³/mol. The van der Waals surface area contributed by atoms with E-state index < -0.39 is 0 Å². The molecular formula is C19H24ClIN4. The Hall–Kier alpha value is -1.34. The summed E-state index contributed by atoms with van der Waals surface area (Å²) in [5.41, 5.74) is 2.72. The predicted octanol–water partition coefficient (Wildman–Crippen LogP) is 4.14. The van der Waals surface area contributed by atoms with Crippen LogP contribution in [0.1, 0.15) is 30.9 Å². The highest BCUT2D eigenvalue weighted by atomic mass is 127. The van der Waals surface area contributed by atoms with Crippen molar-refractivity contribution in [1.82, 2.24) is 15.6 Å². The van der Waals surface area contributed by atoms with Crippen LogP contribution in [0.4, 0.5) is 0 Å². The first-order valence-corrected chi connectivity index (χ1v) is 8.78. The molecule has 0 bridgehead atoms. The van der Waals surface area contributed by atoms with Crippen molar-refractivity contribution in [1.29, 1.82) is 0 Å². The van der Waals surface area contributed by atoms with E-state index in [4.69, 9.17) is 11.6 Å². The van der Waals surface area contributed by atoms with Gasteiger partial charge in [0.15, 0.2) is 5.96 Å². The fourth-order valence-corrected chi connectivity index (χ4v) is 2.89. The molecule has 1 heterocycles. The highest BCUT2D eigenvalue weighted by Gasteiger charge is 2.43. The number of hydrogen-bond acceptors (Lipinski definition) is 2. The summed E-state index contributed by atoms with van der Waals surface area (Å²) in [7, 11) is 0. The zero-order valence-electron chi connectivity index (χ0n) is 14.3. The van der Waals surface area contributed by atoms with E-state index in [0.717, 1.165) is 24.6 Å². The van der Waals surface area contributed by atoms with Crippen LogP contribution in [0.2, 0.25) is 5.15 Å². The standard InChI is InChI=1S/C19H23ClN4.HI/c1-2-21-18(23-13-15-8-9-17(20)22-12-15)24-14-19(10-11-19)16-6-4-3-5-7-16;/h3-9,12H,2,10-11,13-14H2,1H3,(H2,21,23,24);1H. The molecule has 4 nitrogen and oxygen atoms in total. The Morgan fingerprint density at radius 3 is 2.52 bits per heavy atom. The number of rotatable bonds is 6. The SMILES string of the molecule is CCNC(=NCc1ccc(Cl)nc1)NCC1(c2ccccc2)CC1.I. The van der Waals surface area contributed by atoms with Crippen molar-refractivity contribution in [2.75, 3.05) is 13.1 Å². The molecule has 1 fully saturated rings. The van der Waals surface area contributed by atoms with E-state index in [0.29, 0.717) is 11.7 Å². The van der Waals surface area contributed by atoms with Gasteiger partial charge in [-0.05, 0) is 37.0 Å². The minimum Gasteiger partial charge on any atom is -0.357 e. The minimum atomic E-state index is 0. The number of benzene rings is 1.